The Balaban J connectivity index is 2.30. The third kappa shape index (κ3) is 3.01. The normalized spacial score (nSPS) is 10.6. The molecule has 0 radical (unpaired) electrons. The van der Waals surface area contributed by atoms with Gasteiger partial charge in [-0.2, -0.15) is 0 Å². The average molecular weight is 274 g/mol. The van der Waals surface area contributed by atoms with Gasteiger partial charge in [-0.05, 0) is 37.4 Å². The molecule has 0 N–H and O–H groups in total. The lowest BCUT2D eigenvalue weighted by Gasteiger charge is -2.06. The van der Waals surface area contributed by atoms with Gasteiger partial charge in [-0.3, -0.25) is 10.1 Å². The molecule has 98 valence electrons. The lowest BCUT2D eigenvalue weighted by Crippen LogP contribution is -1.98. The predicted octanol–water partition coefficient (Wildman–Crippen LogP) is 2.39. The Morgan fingerprint density at radius 1 is 1.37 bits per heavy atom. The van der Waals surface area contributed by atoms with Crippen molar-refractivity contribution in [2.75, 3.05) is 0 Å². The van der Waals surface area contributed by atoms with Crippen molar-refractivity contribution in [3.8, 4) is 0 Å². The van der Waals surface area contributed by atoms with Crippen LogP contribution >= 0.6 is 11.3 Å². The van der Waals surface area contributed by atoms with Crippen LogP contribution in [-0.4, -0.2) is 17.8 Å². The van der Waals surface area contributed by atoms with E-state index in [4.69, 9.17) is 0 Å². The van der Waals surface area contributed by atoms with Crippen molar-refractivity contribution < 1.29 is 4.92 Å². The topological polar surface area (TPSA) is 56.0 Å². The van der Waals surface area contributed by atoms with Crippen LogP contribution in [0.5, 0.6) is 0 Å². The van der Waals surface area contributed by atoms with Gasteiger partial charge < -0.3 is 0 Å². The Kier molecular flexibility index (Phi) is 4.00. The molecule has 0 atom stereocenters. The van der Waals surface area contributed by atoms with E-state index < -0.39 is 0 Å². The SMILES string of the molecule is BCc1csc(Cc2cc(C)c([N+](=O)[O-])cc2C)n1. The summed E-state index contributed by atoms with van der Waals surface area (Å²) < 4.78 is 0. The van der Waals surface area contributed by atoms with Crippen LogP contribution in [0.2, 0.25) is 0 Å². The second-order valence-electron chi connectivity index (χ2n) is 4.59. The summed E-state index contributed by atoms with van der Waals surface area (Å²) in [6.45, 7) is 3.69. The minimum atomic E-state index is -0.329. The third-order valence-electron chi connectivity index (χ3n) is 3.15. The number of nitrogens with zero attached hydrogens (tertiary/aromatic N) is 2. The van der Waals surface area contributed by atoms with Crippen molar-refractivity contribution in [3.05, 3.63) is 55.0 Å². The molecule has 1 heterocycles. The second kappa shape index (κ2) is 5.53. The van der Waals surface area contributed by atoms with Gasteiger partial charge in [0.15, 0.2) is 0 Å². The zero-order valence-electron chi connectivity index (χ0n) is 11.3. The molecule has 4 nitrogen and oxygen atoms in total. The summed E-state index contributed by atoms with van der Waals surface area (Å²) in [6, 6.07) is 3.56. The molecule has 0 spiro atoms. The number of aromatic nitrogens is 1. The highest BCUT2D eigenvalue weighted by Crippen LogP contribution is 2.25. The van der Waals surface area contributed by atoms with Gasteiger partial charge >= 0.3 is 0 Å². The van der Waals surface area contributed by atoms with Crippen molar-refractivity contribution >= 4 is 24.9 Å². The number of nitro groups is 1. The standard InChI is InChI=1S/C13H15BN2O2S/c1-8-4-12(16(17)18)9(2)3-10(8)5-13-15-11(6-14)7-19-13/h3-4,7H,5-6,14H2,1-2H3. The summed E-state index contributed by atoms with van der Waals surface area (Å²) in [7, 11) is 2.08. The molecular formula is C13H15BN2O2S. The number of nitro benzene ring substituents is 1. The van der Waals surface area contributed by atoms with Crippen LogP contribution in [0.4, 0.5) is 5.69 Å². The minimum absolute atomic E-state index is 0.189. The summed E-state index contributed by atoms with van der Waals surface area (Å²) in [5, 5.41) is 14.0. The van der Waals surface area contributed by atoms with Crippen molar-refractivity contribution in [1.82, 2.24) is 4.98 Å². The number of aryl methyl sites for hydroxylation is 2. The zero-order valence-corrected chi connectivity index (χ0v) is 12.1. The van der Waals surface area contributed by atoms with Crippen LogP contribution in [0.1, 0.15) is 27.4 Å². The maximum atomic E-state index is 10.9. The Hall–Kier alpha value is -1.69. The van der Waals surface area contributed by atoms with E-state index in [9.17, 15) is 10.1 Å². The first kappa shape index (κ1) is 13.7. The maximum absolute atomic E-state index is 10.9. The lowest BCUT2D eigenvalue weighted by molar-refractivity contribution is -0.385. The van der Waals surface area contributed by atoms with Gasteiger partial charge in [0, 0.05) is 29.1 Å². The average Bonchev–Trinajstić information content (AvgIpc) is 2.80. The highest BCUT2D eigenvalue weighted by molar-refractivity contribution is 7.09. The van der Waals surface area contributed by atoms with E-state index in [2.05, 4.69) is 18.2 Å². The molecule has 0 saturated carbocycles. The second-order valence-corrected chi connectivity index (χ2v) is 5.53. The molecule has 1 aromatic carbocycles. The fraction of sp³-hybridized carbons (Fsp3) is 0.308. The molecule has 1 aromatic heterocycles. The van der Waals surface area contributed by atoms with E-state index >= 15 is 0 Å². The number of hydrogen-bond donors (Lipinski definition) is 0. The first-order chi connectivity index (χ1) is 9.01. The van der Waals surface area contributed by atoms with Crippen molar-refractivity contribution in [3.63, 3.8) is 0 Å². The first-order valence-electron chi connectivity index (χ1n) is 6.19. The van der Waals surface area contributed by atoms with Gasteiger partial charge in [0.2, 0.25) is 0 Å². The summed E-state index contributed by atoms with van der Waals surface area (Å²) in [5.74, 6) is 0. The van der Waals surface area contributed by atoms with Gasteiger partial charge in [0.25, 0.3) is 5.69 Å². The van der Waals surface area contributed by atoms with E-state index in [1.54, 1.807) is 24.3 Å². The molecule has 0 bridgehead atoms. The van der Waals surface area contributed by atoms with E-state index in [0.29, 0.717) is 5.56 Å². The maximum Gasteiger partial charge on any atom is 0.272 e. The fourth-order valence-electron chi connectivity index (χ4n) is 2.00. The van der Waals surface area contributed by atoms with E-state index in [-0.39, 0.29) is 10.6 Å². The van der Waals surface area contributed by atoms with Gasteiger partial charge in [-0.15, -0.1) is 11.3 Å². The molecule has 2 rings (SSSR count). The van der Waals surface area contributed by atoms with Crippen LogP contribution in [0, 0.1) is 24.0 Å². The molecule has 0 unspecified atom stereocenters. The van der Waals surface area contributed by atoms with Crippen LogP contribution in [0.3, 0.4) is 0 Å². The van der Waals surface area contributed by atoms with Crippen LogP contribution in [-0.2, 0) is 12.7 Å². The fourth-order valence-corrected chi connectivity index (χ4v) is 2.90. The molecule has 0 amide bonds. The number of hydrogen-bond acceptors (Lipinski definition) is 4. The number of benzene rings is 1. The Morgan fingerprint density at radius 3 is 2.68 bits per heavy atom. The highest BCUT2D eigenvalue weighted by Gasteiger charge is 2.14. The van der Waals surface area contributed by atoms with Gasteiger partial charge in [-0.25, -0.2) is 4.98 Å². The monoisotopic (exact) mass is 274 g/mol. The summed E-state index contributed by atoms with van der Waals surface area (Å²) >= 11 is 1.65. The Bertz CT molecular complexity index is 625. The number of thiazole rings is 1. The summed E-state index contributed by atoms with van der Waals surface area (Å²) in [6.07, 6.45) is 1.68. The van der Waals surface area contributed by atoms with Crippen molar-refractivity contribution in [1.29, 1.82) is 0 Å². The largest absolute Gasteiger partial charge is 0.272 e. The molecule has 6 heteroatoms. The Labute approximate surface area is 117 Å². The zero-order chi connectivity index (χ0) is 14.0. The van der Waals surface area contributed by atoms with Crippen LogP contribution < -0.4 is 0 Å². The van der Waals surface area contributed by atoms with Crippen LogP contribution in [0.15, 0.2) is 17.5 Å². The third-order valence-corrected chi connectivity index (χ3v) is 4.05. The van der Waals surface area contributed by atoms with E-state index in [0.717, 1.165) is 34.6 Å². The number of rotatable bonds is 4. The lowest BCUT2D eigenvalue weighted by atomic mass is 10.0. The molecule has 0 fully saturated rings. The Morgan fingerprint density at radius 2 is 2.11 bits per heavy atom. The molecule has 19 heavy (non-hydrogen) atoms. The van der Waals surface area contributed by atoms with Crippen molar-refractivity contribution in [2.45, 2.75) is 26.6 Å². The molecule has 0 aliphatic heterocycles. The van der Waals surface area contributed by atoms with Gasteiger partial charge in [0.1, 0.15) is 7.85 Å². The predicted molar refractivity (Wildman–Crippen MR) is 79.7 cm³/mol. The minimum Gasteiger partial charge on any atom is -0.258 e. The quantitative estimate of drug-likeness (QED) is 0.488. The van der Waals surface area contributed by atoms with E-state index in [1.807, 2.05) is 13.0 Å². The molecular weight excluding hydrogens is 259 g/mol. The summed E-state index contributed by atoms with van der Waals surface area (Å²) in [5.41, 5.74) is 4.06. The smallest absolute Gasteiger partial charge is 0.258 e. The van der Waals surface area contributed by atoms with Crippen LogP contribution in [0.25, 0.3) is 0 Å². The highest BCUT2D eigenvalue weighted by atomic mass is 32.1. The molecule has 2 aromatic rings. The molecule has 0 saturated heterocycles. The molecule has 0 aliphatic carbocycles. The van der Waals surface area contributed by atoms with Gasteiger partial charge in [-0.1, -0.05) is 0 Å². The van der Waals surface area contributed by atoms with E-state index in [1.165, 1.54) is 0 Å². The first-order valence-corrected chi connectivity index (χ1v) is 7.07. The van der Waals surface area contributed by atoms with Gasteiger partial charge in [0.05, 0.1) is 9.93 Å². The van der Waals surface area contributed by atoms with Crippen molar-refractivity contribution in [2.24, 2.45) is 0 Å². The molecule has 0 aliphatic rings. The summed E-state index contributed by atoms with van der Waals surface area (Å²) in [4.78, 5) is 15.1.